The van der Waals surface area contributed by atoms with E-state index in [1.807, 2.05) is 0 Å². The molecular formula is C21H26N2O8S2. The van der Waals surface area contributed by atoms with Gasteiger partial charge in [0.15, 0.2) is 17.7 Å². The minimum absolute atomic E-state index is 0.0461. The highest BCUT2D eigenvalue weighted by Crippen LogP contribution is 2.41. The number of hydrogen-bond donors (Lipinski definition) is 2. The SMILES string of the molecule is C=C1CC2C(O)N(C(=O)OCCSSCCC(=O)O)c3cc(OC)c(OC)cc3C(=O)N2C1. The fourth-order valence-corrected chi connectivity index (χ4v) is 5.52. The Bertz CT molecular complexity index is 941. The summed E-state index contributed by atoms with van der Waals surface area (Å²) in [7, 11) is 5.64. The highest BCUT2D eigenvalue weighted by Gasteiger charge is 2.46. The zero-order valence-electron chi connectivity index (χ0n) is 18.3. The lowest BCUT2D eigenvalue weighted by atomic mass is 10.1. The molecule has 10 nitrogen and oxygen atoms in total. The molecule has 12 heteroatoms. The number of aliphatic hydroxyl groups excluding tert-OH is 1. The van der Waals surface area contributed by atoms with Crippen LogP contribution in [0.15, 0.2) is 24.3 Å². The number of carboxylic acids is 1. The lowest BCUT2D eigenvalue weighted by Crippen LogP contribution is -2.51. The number of rotatable bonds is 9. The molecule has 0 spiro atoms. The van der Waals surface area contributed by atoms with E-state index >= 15 is 0 Å². The van der Waals surface area contributed by atoms with E-state index in [1.54, 1.807) is 0 Å². The van der Waals surface area contributed by atoms with Crippen molar-refractivity contribution in [3.63, 3.8) is 0 Å². The van der Waals surface area contributed by atoms with Gasteiger partial charge in [-0.05, 0) is 12.5 Å². The first-order valence-electron chi connectivity index (χ1n) is 10.1. The minimum Gasteiger partial charge on any atom is -0.493 e. The predicted octanol–water partition coefficient (Wildman–Crippen LogP) is 2.61. The average Bonchev–Trinajstić information content (AvgIpc) is 3.16. The topological polar surface area (TPSA) is 126 Å². The number of aliphatic hydroxyl groups is 1. The largest absolute Gasteiger partial charge is 0.493 e. The molecule has 1 saturated heterocycles. The summed E-state index contributed by atoms with van der Waals surface area (Å²) in [5.74, 6) is 0.272. The number of fused-ring (bicyclic) bond motifs is 2. The molecule has 1 aromatic carbocycles. The van der Waals surface area contributed by atoms with E-state index in [-0.39, 0.29) is 36.7 Å². The molecule has 2 N–H and O–H groups in total. The monoisotopic (exact) mass is 498 g/mol. The molecule has 2 aliphatic rings. The predicted molar refractivity (Wildman–Crippen MR) is 125 cm³/mol. The number of nitrogens with zero attached hydrogens (tertiary/aromatic N) is 2. The van der Waals surface area contributed by atoms with Gasteiger partial charge in [-0.2, -0.15) is 0 Å². The van der Waals surface area contributed by atoms with Crippen LogP contribution in [0.4, 0.5) is 10.5 Å². The summed E-state index contributed by atoms with van der Waals surface area (Å²) in [5.41, 5.74) is 1.12. The summed E-state index contributed by atoms with van der Waals surface area (Å²) in [4.78, 5) is 39.5. The van der Waals surface area contributed by atoms with Gasteiger partial charge in [-0.1, -0.05) is 33.7 Å². The Morgan fingerprint density at radius 2 is 1.85 bits per heavy atom. The van der Waals surface area contributed by atoms with Crippen molar-refractivity contribution in [2.45, 2.75) is 25.1 Å². The van der Waals surface area contributed by atoms with E-state index < -0.39 is 24.3 Å². The molecule has 1 aromatic rings. The number of methoxy groups -OCH3 is 2. The van der Waals surface area contributed by atoms with Crippen molar-refractivity contribution in [3.05, 3.63) is 29.8 Å². The Hall–Kier alpha value is -2.57. The zero-order chi connectivity index (χ0) is 24.1. The van der Waals surface area contributed by atoms with E-state index in [2.05, 4.69) is 6.58 Å². The average molecular weight is 499 g/mol. The lowest BCUT2D eigenvalue weighted by Gasteiger charge is -2.31. The second-order valence-corrected chi connectivity index (χ2v) is 10.1. The molecule has 2 amide bonds. The molecule has 0 aliphatic carbocycles. The van der Waals surface area contributed by atoms with E-state index in [0.717, 1.165) is 10.5 Å². The van der Waals surface area contributed by atoms with Crippen molar-refractivity contribution in [3.8, 4) is 11.5 Å². The third-order valence-electron chi connectivity index (χ3n) is 5.22. The van der Waals surface area contributed by atoms with E-state index in [1.165, 1.54) is 52.8 Å². The number of carbonyl (C=O) groups excluding carboxylic acids is 2. The van der Waals surface area contributed by atoms with Gasteiger partial charge in [0.05, 0.1) is 37.9 Å². The van der Waals surface area contributed by atoms with Crippen molar-refractivity contribution in [2.24, 2.45) is 0 Å². The number of carbonyl (C=O) groups is 3. The van der Waals surface area contributed by atoms with Crippen molar-refractivity contribution in [1.82, 2.24) is 4.90 Å². The number of hydrogen-bond acceptors (Lipinski definition) is 9. The van der Waals surface area contributed by atoms with Crippen LogP contribution in [0.2, 0.25) is 0 Å². The number of aliphatic carboxylic acids is 1. The molecule has 0 bridgehead atoms. The highest BCUT2D eigenvalue weighted by molar-refractivity contribution is 8.76. The summed E-state index contributed by atoms with van der Waals surface area (Å²) in [6.45, 7) is 4.26. The second kappa shape index (κ2) is 11.0. The smallest absolute Gasteiger partial charge is 0.416 e. The standard InChI is InChI=1S/C21H26N2O8S2/c1-12-8-15-20(27)23(21(28)31-5-7-33-32-6-4-18(24)25)14-10-17(30-3)16(29-2)9-13(14)19(26)22(15)11-12/h9-10,15,20,27H,1,4-8,11H2,2-3H3,(H,24,25). The van der Waals surface area contributed by atoms with Crippen LogP contribution in [0.3, 0.4) is 0 Å². The molecule has 2 aliphatic heterocycles. The molecule has 0 saturated carbocycles. The summed E-state index contributed by atoms with van der Waals surface area (Å²) < 4.78 is 16.0. The van der Waals surface area contributed by atoms with Gasteiger partial charge in [0.1, 0.15) is 6.61 Å². The van der Waals surface area contributed by atoms with Gasteiger partial charge >= 0.3 is 12.1 Å². The summed E-state index contributed by atoms with van der Waals surface area (Å²) in [5, 5.41) is 19.8. The normalized spacial score (nSPS) is 19.6. The van der Waals surface area contributed by atoms with Gasteiger partial charge < -0.3 is 29.3 Å². The number of carboxylic acid groups (broad SMARTS) is 1. The number of benzene rings is 1. The number of anilines is 1. The van der Waals surface area contributed by atoms with Gasteiger partial charge in [-0.25, -0.2) is 9.69 Å². The zero-order valence-corrected chi connectivity index (χ0v) is 19.9. The van der Waals surface area contributed by atoms with Gasteiger partial charge in [0.2, 0.25) is 0 Å². The fourth-order valence-electron chi connectivity index (χ4n) is 3.71. The molecule has 1 fully saturated rings. The Morgan fingerprint density at radius 3 is 2.52 bits per heavy atom. The van der Waals surface area contributed by atoms with E-state index in [9.17, 15) is 19.5 Å². The maximum absolute atomic E-state index is 13.3. The molecule has 180 valence electrons. The van der Waals surface area contributed by atoms with Crippen LogP contribution in [0.25, 0.3) is 0 Å². The van der Waals surface area contributed by atoms with E-state index in [4.69, 9.17) is 19.3 Å². The van der Waals surface area contributed by atoms with Gasteiger partial charge in [0.25, 0.3) is 5.91 Å². The first-order chi connectivity index (χ1) is 15.8. The Labute approximate surface area is 199 Å². The first-order valence-corrected chi connectivity index (χ1v) is 12.6. The van der Waals surface area contributed by atoms with E-state index in [0.29, 0.717) is 29.4 Å². The number of amides is 2. The van der Waals surface area contributed by atoms with Crippen LogP contribution in [-0.4, -0.2) is 84.2 Å². The molecule has 3 rings (SSSR count). The summed E-state index contributed by atoms with van der Waals surface area (Å²) >= 11 is 0. The van der Waals surface area contributed by atoms with Gasteiger partial charge in [-0.15, -0.1) is 0 Å². The van der Waals surface area contributed by atoms with Crippen LogP contribution in [0.1, 0.15) is 23.2 Å². The van der Waals surface area contributed by atoms with Crippen molar-refractivity contribution in [2.75, 3.05) is 43.8 Å². The first kappa shape index (κ1) is 25.1. The maximum Gasteiger partial charge on any atom is 0.416 e. The molecular weight excluding hydrogens is 472 g/mol. The fraction of sp³-hybridized carbons (Fsp3) is 0.476. The van der Waals surface area contributed by atoms with Crippen LogP contribution in [-0.2, 0) is 9.53 Å². The van der Waals surface area contributed by atoms with Crippen molar-refractivity contribution >= 4 is 45.2 Å². The maximum atomic E-state index is 13.3. The summed E-state index contributed by atoms with van der Waals surface area (Å²) in [6, 6.07) is 2.30. The van der Waals surface area contributed by atoms with Crippen molar-refractivity contribution < 1.29 is 38.8 Å². The lowest BCUT2D eigenvalue weighted by molar-refractivity contribution is -0.136. The second-order valence-electron chi connectivity index (χ2n) is 7.36. The van der Waals surface area contributed by atoms with Gasteiger partial charge in [-0.3, -0.25) is 9.59 Å². The third kappa shape index (κ3) is 5.50. The molecule has 2 unspecified atom stereocenters. The third-order valence-corrected chi connectivity index (χ3v) is 7.60. The Kier molecular flexibility index (Phi) is 8.38. The molecule has 0 radical (unpaired) electrons. The molecule has 2 atom stereocenters. The van der Waals surface area contributed by atoms with Crippen molar-refractivity contribution in [1.29, 1.82) is 0 Å². The quantitative estimate of drug-likeness (QED) is 0.298. The van der Waals surface area contributed by atoms with Crippen LogP contribution in [0, 0.1) is 0 Å². The molecule has 2 heterocycles. The summed E-state index contributed by atoms with van der Waals surface area (Å²) in [6.07, 6.45) is -1.75. The minimum atomic E-state index is -1.35. The van der Waals surface area contributed by atoms with Gasteiger partial charge in [0, 0.05) is 24.1 Å². The highest BCUT2D eigenvalue weighted by atomic mass is 33.1. The Balaban J connectivity index is 1.82. The van der Waals surface area contributed by atoms with Crippen LogP contribution in [0.5, 0.6) is 11.5 Å². The molecule has 33 heavy (non-hydrogen) atoms. The van der Waals surface area contributed by atoms with Crippen LogP contribution >= 0.6 is 21.6 Å². The number of ether oxygens (including phenoxy) is 3. The van der Waals surface area contributed by atoms with Crippen LogP contribution < -0.4 is 14.4 Å². The molecule has 0 aromatic heterocycles. The Morgan fingerprint density at radius 1 is 1.18 bits per heavy atom.